The number of hydrogen-bond donors (Lipinski definition) is 1. The summed E-state index contributed by atoms with van der Waals surface area (Å²) in [6.45, 7) is 10.6. The van der Waals surface area contributed by atoms with Gasteiger partial charge in [0.2, 0.25) is 5.91 Å². The zero-order valence-corrected chi connectivity index (χ0v) is 14.3. The molecule has 0 aromatic heterocycles. The van der Waals surface area contributed by atoms with Gasteiger partial charge in [0.15, 0.2) is 0 Å². The Bertz CT molecular complexity index is 608. The summed E-state index contributed by atoms with van der Waals surface area (Å²) in [7, 11) is 0. The average Bonchev–Trinajstić information content (AvgIpc) is 2.36. The maximum absolute atomic E-state index is 10.8. The number of amides is 1. The van der Waals surface area contributed by atoms with Gasteiger partial charge in [0.05, 0.1) is 0 Å². The maximum Gasteiger partial charge on any atom is 0.241 e. The van der Waals surface area contributed by atoms with Crippen molar-refractivity contribution < 1.29 is 4.79 Å². The van der Waals surface area contributed by atoms with Crippen LogP contribution in [0.2, 0.25) is 0 Å². The van der Waals surface area contributed by atoms with Crippen molar-refractivity contribution >= 4 is 5.91 Å². The molecule has 118 valence electrons. The molecule has 0 fully saturated rings. The molecule has 0 unspecified atom stereocenters. The molecule has 2 N–H and O–H groups in total. The lowest BCUT2D eigenvalue weighted by Gasteiger charge is -2.29. The summed E-state index contributed by atoms with van der Waals surface area (Å²) >= 11 is 0. The molecule has 1 amide bonds. The van der Waals surface area contributed by atoms with Crippen molar-refractivity contribution in [1.29, 1.82) is 0 Å². The third kappa shape index (κ3) is 5.72. The fourth-order valence-corrected chi connectivity index (χ4v) is 2.52. The first-order valence-electron chi connectivity index (χ1n) is 7.61. The van der Waals surface area contributed by atoms with Crippen LogP contribution in [0.3, 0.4) is 0 Å². The monoisotopic (exact) mass is 297 g/mol. The highest BCUT2D eigenvalue weighted by atomic mass is 16.1. The lowest BCUT2D eigenvalue weighted by molar-refractivity contribution is -0.113. The third-order valence-corrected chi connectivity index (χ3v) is 3.75. The van der Waals surface area contributed by atoms with E-state index in [-0.39, 0.29) is 5.41 Å². The number of nitrogens with two attached hydrogens (primary N) is 1. The Kier molecular flexibility index (Phi) is 6.36. The van der Waals surface area contributed by atoms with E-state index in [1.807, 2.05) is 25.2 Å². The van der Waals surface area contributed by atoms with Crippen molar-refractivity contribution in [2.75, 3.05) is 0 Å². The second-order valence-corrected chi connectivity index (χ2v) is 6.48. The van der Waals surface area contributed by atoms with Gasteiger partial charge >= 0.3 is 0 Å². The second-order valence-electron chi connectivity index (χ2n) is 6.48. The minimum atomic E-state index is -0.419. The lowest BCUT2D eigenvalue weighted by atomic mass is 9.75. The minimum absolute atomic E-state index is 0.187. The molecule has 2 heteroatoms. The predicted octanol–water partition coefficient (Wildman–Crippen LogP) is 4.78. The first-order chi connectivity index (χ1) is 10.2. The number of hydrogen-bond acceptors (Lipinski definition) is 1. The molecule has 2 nitrogen and oxygen atoms in total. The largest absolute Gasteiger partial charge is 0.366 e. The van der Waals surface area contributed by atoms with E-state index in [1.165, 1.54) is 17.2 Å². The molecule has 0 aliphatic heterocycles. The molecule has 0 atom stereocenters. The van der Waals surface area contributed by atoms with Crippen LogP contribution < -0.4 is 5.73 Å². The fraction of sp³-hybridized carbons (Fsp3) is 0.350. The van der Waals surface area contributed by atoms with Crippen LogP contribution in [-0.4, -0.2) is 5.91 Å². The van der Waals surface area contributed by atoms with Crippen molar-refractivity contribution in [2.45, 2.75) is 41.0 Å². The van der Waals surface area contributed by atoms with Gasteiger partial charge in [0.1, 0.15) is 0 Å². The van der Waals surface area contributed by atoms with Crippen molar-refractivity contribution in [3.63, 3.8) is 0 Å². The maximum atomic E-state index is 10.8. The van der Waals surface area contributed by atoms with Gasteiger partial charge in [-0.25, -0.2) is 0 Å². The Morgan fingerprint density at radius 3 is 2.50 bits per heavy atom. The Morgan fingerprint density at radius 1 is 1.23 bits per heavy atom. The van der Waals surface area contributed by atoms with Crippen molar-refractivity contribution in [2.24, 2.45) is 11.1 Å². The summed E-state index contributed by atoms with van der Waals surface area (Å²) in [4.78, 5) is 10.8. The standard InChI is InChI=1S/C20H27NO/c1-15(8-6-9-16(2)14-19(21)22)11-12-18-17(3)10-7-13-20(18,4)5/h6-12,14H,13H2,1-5H3,(H2,21,22)/b9-6+,12-11+,15-8+,16-14-. The average molecular weight is 297 g/mol. The molecular weight excluding hydrogens is 270 g/mol. The summed E-state index contributed by atoms with van der Waals surface area (Å²) < 4.78 is 0. The number of carbonyl (C=O) groups excluding carboxylic acids is 1. The van der Waals surface area contributed by atoms with E-state index < -0.39 is 5.91 Å². The Hall–Kier alpha value is -2.09. The van der Waals surface area contributed by atoms with Crippen molar-refractivity contribution in [3.05, 3.63) is 70.9 Å². The number of carbonyl (C=O) groups is 1. The minimum Gasteiger partial charge on any atom is -0.366 e. The first kappa shape index (κ1) is 18.0. The van der Waals surface area contributed by atoms with Gasteiger partial charge < -0.3 is 5.73 Å². The summed E-state index contributed by atoms with van der Waals surface area (Å²) in [6, 6.07) is 0. The van der Waals surface area contributed by atoms with Crippen molar-refractivity contribution in [3.8, 4) is 0 Å². The van der Waals surface area contributed by atoms with E-state index in [4.69, 9.17) is 5.73 Å². The highest BCUT2D eigenvalue weighted by Gasteiger charge is 2.23. The SMILES string of the molecule is CC1=C(/C=C/C(C)=C/C=C/C(C)=C\C(N)=O)C(C)(C)CC=C1. The van der Waals surface area contributed by atoms with Crippen LogP contribution >= 0.6 is 0 Å². The van der Waals surface area contributed by atoms with Crippen LogP contribution in [0, 0.1) is 5.41 Å². The molecule has 0 saturated carbocycles. The molecule has 0 aromatic carbocycles. The summed E-state index contributed by atoms with van der Waals surface area (Å²) in [5.74, 6) is -0.419. The fourth-order valence-electron chi connectivity index (χ4n) is 2.52. The molecule has 0 bridgehead atoms. The normalized spacial score (nSPS) is 19.5. The van der Waals surface area contributed by atoms with Gasteiger partial charge in [0, 0.05) is 6.08 Å². The number of allylic oxidation sites excluding steroid dienone is 11. The molecule has 0 radical (unpaired) electrons. The molecule has 22 heavy (non-hydrogen) atoms. The van der Waals surface area contributed by atoms with Gasteiger partial charge in [-0.3, -0.25) is 4.79 Å². The van der Waals surface area contributed by atoms with Crippen LogP contribution in [0.25, 0.3) is 0 Å². The van der Waals surface area contributed by atoms with E-state index in [9.17, 15) is 4.79 Å². The summed E-state index contributed by atoms with van der Waals surface area (Å²) in [5.41, 5.74) is 10.0. The molecule has 1 aliphatic carbocycles. The van der Waals surface area contributed by atoms with E-state index in [1.54, 1.807) is 0 Å². The van der Waals surface area contributed by atoms with Gasteiger partial charge in [0.25, 0.3) is 0 Å². The van der Waals surface area contributed by atoms with E-state index in [0.29, 0.717) is 0 Å². The highest BCUT2D eigenvalue weighted by molar-refractivity contribution is 5.86. The summed E-state index contributed by atoms with van der Waals surface area (Å²) in [6.07, 6.45) is 17.1. The Labute approximate surface area is 134 Å². The zero-order valence-electron chi connectivity index (χ0n) is 14.3. The lowest BCUT2D eigenvalue weighted by Crippen LogP contribution is -2.16. The van der Waals surface area contributed by atoms with Gasteiger partial charge in [-0.1, -0.05) is 62.0 Å². The van der Waals surface area contributed by atoms with Crippen LogP contribution in [0.1, 0.15) is 41.0 Å². The molecule has 1 aliphatic rings. The number of primary amides is 1. The third-order valence-electron chi connectivity index (χ3n) is 3.75. The topological polar surface area (TPSA) is 43.1 Å². The van der Waals surface area contributed by atoms with Gasteiger partial charge in [-0.05, 0) is 49.3 Å². The molecule has 0 saturated heterocycles. The van der Waals surface area contributed by atoms with Crippen molar-refractivity contribution in [1.82, 2.24) is 0 Å². The predicted molar refractivity (Wildman–Crippen MR) is 95.2 cm³/mol. The molecule has 0 aromatic rings. The van der Waals surface area contributed by atoms with E-state index in [2.05, 4.69) is 52.0 Å². The summed E-state index contributed by atoms with van der Waals surface area (Å²) in [5, 5.41) is 0. The molecule has 1 rings (SSSR count). The van der Waals surface area contributed by atoms with Crippen LogP contribution in [-0.2, 0) is 4.79 Å². The smallest absolute Gasteiger partial charge is 0.241 e. The first-order valence-corrected chi connectivity index (χ1v) is 7.61. The van der Waals surface area contributed by atoms with Crippen LogP contribution in [0.15, 0.2) is 70.9 Å². The zero-order chi connectivity index (χ0) is 16.8. The highest BCUT2D eigenvalue weighted by Crippen LogP contribution is 2.37. The van der Waals surface area contributed by atoms with E-state index in [0.717, 1.165) is 17.6 Å². The Balaban J connectivity index is 2.82. The Morgan fingerprint density at radius 2 is 1.91 bits per heavy atom. The quantitative estimate of drug-likeness (QED) is 0.576. The van der Waals surface area contributed by atoms with Gasteiger partial charge in [-0.2, -0.15) is 0 Å². The molecular formula is C20H27NO. The van der Waals surface area contributed by atoms with Gasteiger partial charge in [-0.15, -0.1) is 0 Å². The molecule has 0 spiro atoms. The van der Waals surface area contributed by atoms with Crippen LogP contribution in [0.5, 0.6) is 0 Å². The second kappa shape index (κ2) is 7.79. The van der Waals surface area contributed by atoms with Crippen LogP contribution in [0.4, 0.5) is 0 Å². The molecule has 0 heterocycles. The number of rotatable bonds is 5. The van der Waals surface area contributed by atoms with E-state index >= 15 is 0 Å².